The van der Waals surface area contributed by atoms with Gasteiger partial charge in [-0.05, 0) is 43.6 Å². The van der Waals surface area contributed by atoms with Gasteiger partial charge in [0.2, 0.25) is 5.91 Å². The number of alkyl halides is 3. The predicted molar refractivity (Wildman–Crippen MR) is 75.0 cm³/mol. The summed E-state index contributed by atoms with van der Waals surface area (Å²) in [6.07, 6.45) is -3.65. The molecule has 8 heteroatoms. The van der Waals surface area contributed by atoms with Crippen molar-refractivity contribution in [2.24, 2.45) is 5.92 Å². The van der Waals surface area contributed by atoms with Crippen molar-refractivity contribution in [3.05, 3.63) is 22.7 Å². The average Bonchev–Trinajstić information content (AvgIpc) is 2.83. The molecular weight excluding hydrogens is 353 g/mol. The second-order valence-corrected chi connectivity index (χ2v) is 5.72. The molecule has 0 aliphatic carbocycles. The number of hydrogen-bond acceptors (Lipinski definition) is 3. The van der Waals surface area contributed by atoms with E-state index in [0.29, 0.717) is 4.47 Å². The normalized spacial score (nSPS) is 18.6. The molecule has 116 valence electrons. The lowest BCUT2D eigenvalue weighted by Gasteiger charge is -2.15. The van der Waals surface area contributed by atoms with E-state index in [1.54, 1.807) is 0 Å². The lowest BCUT2D eigenvalue weighted by atomic mass is 10.0. The highest BCUT2D eigenvalue weighted by Crippen LogP contribution is 2.33. The second kappa shape index (κ2) is 6.65. The first-order valence-electron chi connectivity index (χ1n) is 6.39. The van der Waals surface area contributed by atoms with Crippen molar-refractivity contribution < 1.29 is 22.7 Å². The summed E-state index contributed by atoms with van der Waals surface area (Å²) in [5.74, 6) is -0.541. The fourth-order valence-corrected chi connectivity index (χ4v) is 2.50. The van der Waals surface area contributed by atoms with Crippen molar-refractivity contribution in [3.63, 3.8) is 0 Å². The van der Waals surface area contributed by atoms with Crippen molar-refractivity contribution >= 4 is 27.5 Å². The maximum Gasteiger partial charge on any atom is 0.573 e. The van der Waals surface area contributed by atoms with Crippen molar-refractivity contribution in [2.45, 2.75) is 19.2 Å². The van der Waals surface area contributed by atoms with Crippen LogP contribution in [0.3, 0.4) is 0 Å². The topological polar surface area (TPSA) is 50.4 Å². The van der Waals surface area contributed by atoms with Crippen molar-refractivity contribution in [1.82, 2.24) is 5.32 Å². The lowest BCUT2D eigenvalue weighted by Crippen LogP contribution is -2.21. The van der Waals surface area contributed by atoms with Crippen LogP contribution in [0.5, 0.6) is 5.75 Å². The first-order chi connectivity index (χ1) is 9.83. The van der Waals surface area contributed by atoms with E-state index < -0.39 is 12.1 Å². The number of anilines is 1. The Balaban J connectivity index is 2.05. The van der Waals surface area contributed by atoms with Crippen LogP contribution >= 0.6 is 15.9 Å². The number of carbonyl (C=O) groups is 1. The number of halogens is 4. The molecule has 2 N–H and O–H groups in total. The highest BCUT2D eigenvalue weighted by molar-refractivity contribution is 9.10. The summed E-state index contributed by atoms with van der Waals surface area (Å²) in [6, 6.07) is 4.08. The maximum atomic E-state index is 12.4. The Kier molecular flexibility index (Phi) is 5.10. The van der Waals surface area contributed by atoms with Gasteiger partial charge in [-0.3, -0.25) is 4.79 Å². The zero-order chi connectivity index (χ0) is 15.5. The Labute approximate surface area is 128 Å². The SMILES string of the molecule is O=C(CC1CCNC1)Nc1ccc(Br)cc1OC(F)(F)F. The second-order valence-electron chi connectivity index (χ2n) is 4.80. The van der Waals surface area contributed by atoms with E-state index in [0.717, 1.165) is 19.5 Å². The largest absolute Gasteiger partial charge is 0.573 e. The minimum absolute atomic E-state index is 0.00600. The van der Waals surface area contributed by atoms with Crippen molar-refractivity contribution in [3.8, 4) is 5.75 Å². The van der Waals surface area contributed by atoms with Crippen LogP contribution in [0.25, 0.3) is 0 Å². The minimum Gasteiger partial charge on any atom is -0.404 e. The number of hydrogen-bond donors (Lipinski definition) is 2. The van der Waals surface area contributed by atoms with Crippen LogP contribution in [-0.4, -0.2) is 25.4 Å². The number of ether oxygens (including phenoxy) is 1. The molecule has 0 spiro atoms. The molecule has 1 amide bonds. The summed E-state index contributed by atoms with van der Waals surface area (Å²) in [5, 5.41) is 5.61. The van der Waals surface area contributed by atoms with Crippen molar-refractivity contribution in [2.75, 3.05) is 18.4 Å². The van der Waals surface area contributed by atoms with E-state index in [4.69, 9.17) is 0 Å². The molecule has 1 saturated heterocycles. The van der Waals surface area contributed by atoms with Gasteiger partial charge in [-0.15, -0.1) is 13.2 Å². The highest BCUT2D eigenvalue weighted by Gasteiger charge is 2.32. The summed E-state index contributed by atoms with van der Waals surface area (Å²) in [6.45, 7) is 1.61. The molecule has 1 atom stereocenters. The Morgan fingerprint density at radius 2 is 2.24 bits per heavy atom. The minimum atomic E-state index is -4.81. The Morgan fingerprint density at radius 3 is 2.86 bits per heavy atom. The van der Waals surface area contributed by atoms with Crippen LogP contribution in [0.2, 0.25) is 0 Å². The summed E-state index contributed by atoms with van der Waals surface area (Å²) in [5.41, 5.74) is 0.00600. The standard InChI is InChI=1S/C13H14BrF3N2O2/c14-9-1-2-10(11(6-9)21-13(15,16)17)19-12(20)5-8-3-4-18-7-8/h1-2,6,8,18H,3-5,7H2,(H,19,20). The number of carbonyl (C=O) groups excluding carboxylic acids is 1. The van der Waals surface area contributed by atoms with E-state index in [9.17, 15) is 18.0 Å². The molecule has 1 fully saturated rings. The zero-order valence-corrected chi connectivity index (χ0v) is 12.6. The summed E-state index contributed by atoms with van der Waals surface area (Å²) < 4.78 is 41.4. The number of nitrogens with one attached hydrogen (secondary N) is 2. The molecule has 2 rings (SSSR count). The maximum absolute atomic E-state index is 12.4. The molecule has 0 radical (unpaired) electrons. The van der Waals surface area contributed by atoms with Gasteiger partial charge in [0.1, 0.15) is 0 Å². The molecule has 0 saturated carbocycles. The fourth-order valence-electron chi connectivity index (χ4n) is 2.16. The molecule has 1 unspecified atom stereocenters. The quantitative estimate of drug-likeness (QED) is 0.859. The fraction of sp³-hybridized carbons (Fsp3) is 0.462. The van der Waals surface area contributed by atoms with Crippen LogP contribution in [-0.2, 0) is 4.79 Å². The lowest BCUT2D eigenvalue weighted by molar-refractivity contribution is -0.274. The molecule has 0 bridgehead atoms. The van der Waals surface area contributed by atoms with Gasteiger partial charge in [0.25, 0.3) is 0 Å². The first kappa shape index (κ1) is 16.1. The zero-order valence-electron chi connectivity index (χ0n) is 11.0. The Hall–Kier alpha value is -1.28. The molecule has 4 nitrogen and oxygen atoms in total. The third-order valence-electron chi connectivity index (χ3n) is 3.08. The smallest absolute Gasteiger partial charge is 0.404 e. The van der Waals surface area contributed by atoms with Gasteiger partial charge in [0.05, 0.1) is 5.69 Å². The molecule has 1 aromatic rings. The van der Waals surface area contributed by atoms with Crippen LogP contribution in [0.15, 0.2) is 22.7 Å². The van der Waals surface area contributed by atoms with Gasteiger partial charge >= 0.3 is 6.36 Å². The Bertz CT molecular complexity index is 517. The summed E-state index contributed by atoms with van der Waals surface area (Å²) >= 11 is 3.07. The molecule has 1 heterocycles. The van der Waals surface area contributed by atoms with Gasteiger partial charge in [-0.2, -0.15) is 0 Å². The number of benzene rings is 1. The van der Waals surface area contributed by atoms with Gasteiger partial charge < -0.3 is 15.4 Å². The van der Waals surface area contributed by atoms with Gasteiger partial charge in [0.15, 0.2) is 5.75 Å². The molecule has 1 aromatic carbocycles. The summed E-state index contributed by atoms with van der Waals surface area (Å²) in [7, 11) is 0. The van der Waals surface area contributed by atoms with Gasteiger partial charge in [-0.25, -0.2) is 0 Å². The van der Waals surface area contributed by atoms with E-state index >= 15 is 0 Å². The third-order valence-corrected chi connectivity index (χ3v) is 3.57. The van der Waals surface area contributed by atoms with Crippen LogP contribution in [0.1, 0.15) is 12.8 Å². The van der Waals surface area contributed by atoms with E-state index in [1.165, 1.54) is 18.2 Å². The van der Waals surface area contributed by atoms with E-state index in [-0.39, 0.29) is 23.9 Å². The van der Waals surface area contributed by atoms with Crippen LogP contribution < -0.4 is 15.4 Å². The average molecular weight is 367 g/mol. The van der Waals surface area contributed by atoms with Crippen LogP contribution in [0, 0.1) is 5.92 Å². The molecular formula is C13H14BrF3N2O2. The number of amides is 1. The third kappa shape index (κ3) is 5.20. The van der Waals surface area contributed by atoms with E-state index in [1.807, 2.05) is 0 Å². The highest BCUT2D eigenvalue weighted by atomic mass is 79.9. The molecule has 0 aromatic heterocycles. The van der Waals surface area contributed by atoms with Gasteiger partial charge in [-0.1, -0.05) is 15.9 Å². The molecule has 1 aliphatic rings. The molecule has 21 heavy (non-hydrogen) atoms. The van der Waals surface area contributed by atoms with Crippen molar-refractivity contribution in [1.29, 1.82) is 0 Å². The van der Waals surface area contributed by atoms with Gasteiger partial charge in [0, 0.05) is 10.9 Å². The number of rotatable bonds is 4. The Morgan fingerprint density at radius 1 is 1.48 bits per heavy atom. The molecule has 1 aliphatic heterocycles. The first-order valence-corrected chi connectivity index (χ1v) is 7.18. The monoisotopic (exact) mass is 366 g/mol. The summed E-state index contributed by atoms with van der Waals surface area (Å²) in [4.78, 5) is 11.9. The van der Waals surface area contributed by atoms with Crippen LogP contribution in [0.4, 0.5) is 18.9 Å². The van der Waals surface area contributed by atoms with E-state index in [2.05, 4.69) is 31.3 Å². The predicted octanol–water partition coefficient (Wildman–Crippen LogP) is 3.29.